The van der Waals surface area contributed by atoms with Crippen LogP contribution in [0.4, 0.5) is 0 Å². The van der Waals surface area contributed by atoms with Crippen LogP contribution in [0.1, 0.15) is 43.1 Å². The number of carbonyl (C=O) groups is 1. The minimum atomic E-state index is -3.74. The van der Waals surface area contributed by atoms with E-state index in [4.69, 9.17) is 5.73 Å². The highest BCUT2D eigenvalue weighted by Gasteiger charge is 2.41. The van der Waals surface area contributed by atoms with Crippen LogP contribution in [0.15, 0.2) is 17.2 Å². The second kappa shape index (κ2) is 7.86. The predicted molar refractivity (Wildman–Crippen MR) is 95.8 cm³/mol. The van der Waals surface area contributed by atoms with Gasteiger partial charge in [0.15, 0.2) is 0 Å². The van der Waals surface area contributed by atoms with Crippen LogP contribution in [-0.4, -0.2) is 38.0 Å². The molecule has 24 heavy (non-hydrogen) atoms. The Balaban J connectivity index is 0.00000288. The zero-order valence-electron chi connectivity index (χ0n) is 14.3. The molecule has 138 valence electrons. The summed E-state index contributed by atoms with van der Waals surface area (Å²) in [5, 5.41) is 2.50. The highest BCUT2D eigenvalue weighted by molar-refractivity contribution is 7.89. The Labute approximate surface area is 149 Å². The third-order valence-corrected chi connectivity index (χ3v) is 6.42. The fourth-order valence-corrected chi connectivity index (χ4v) is 4.87. The number of carbonyl (C=O) groups excluding carboxylic acids is 1. The van der Waals surface area contributed by atoms with E-state index >= 15 is 0 Å². The summed E-state index contributed by atoms with van der Waals surface area (Å²) in [5.41, 5.74) is 5.61. The number of halogens is 1. The highest BCUT2D eigenvalue weighted by Crippen LogP contribution is 2.34. The maximum atomic E-state index is 12.8. The standard InChI is InChI=1S/C15H26N4O3S.ClH/c1-11-6-4-5-7-15(11,10-16)18-23(21,22)12-8-13(14(20)17-2)19(3)9-12;/h8-9,11,18H,4-7,10,16H2,1-3H3,(H,17,20);1H. The molecule has 2 rings (SSSR count). The number of rotatable bonds is 5. The Bertz CT molecular complexity index is 689. The van der Waals surface area contributed by atoms with Gasteiger partial charge in [-0.05, 0) is 24.8 Å². The first-order chi connectivity index (χ1) is 10.8. The summed E-state index contributed by atoms with van der Waals surface area (Å²) < 4.78 is 29.9. The average molecular weight is 379 g/mol. The van der Waals surface area contributed by atoms with E-state index in [9.17, 15) is 13.2 Å². The van der Waals surface area contributed by atoms with Crippen molar-refractivity contribution in [3.63, 3.8) is 0 Å². The summed E-state index contributed by atoms with van der Waals surface area (Å²) in [4.78, 5) is 11.9. The number of nitrogens with one attached hydrogen (secondary N) is 2. The van der Waals surface area contributed by atoms with E-state index in [1.54, 1.807) is 7.05 Å². The molecule has 1 aliphatic rings. The number of nitrogens with two attached hydrogens (primary N) is 1. The van der Waals surface area contributed by atoms with Crippen molar-refractivity contribution in [2.24, 2.45) is 18.7 Å². The molecule has 9 heteroatoms. The van der Waals surface area contributed by atoms with Crippen molar-refractivity contribution in [2.75, 3.05) is 13.6 Å². The molecule has 1 aliphatic carbocycles. The minimum absolute atomic E-state index is 0. The molecular formula is C15H27ClN4O3S. The zero-order valence-corrected chi connectivity index (χ0v) is 16.0. The molecule has 2 unspecified atom stereocenters. The molecule has 1 fully saturated rings. The van der Waals surface area contributed by atoms with Crippen LogP contribution in [0.25, 0.3) is 0 Å². The third-order valence-electron chi connectivity index (χ3n) is 4.91. The summed E-state index contributed by atoms with van der Waals surface area (Å²) in [7, 11) is -0.584. The van der Waals surface area contributed by atoms with E-state index < -0.39 is 15.6 Å². The van der Waals surface area contributed by atoms with Gasteiger partial charge >= 0.3 is 0 Å². The molecule has 4 N–H and O–H groups in total. The number of nitrogens with zero attached hydrogens (tertiary/aromatic N) is 1. The Morgan fingerprint density at radius 3 is 2.67 bits per heavy atom. The van der Waals surface area contributed by atoms with Crippen LogP contribution >= 0.6 is 12.4 Å². The van der Waals surface area contributed by atoms with Crippen LogP contribution in [0.3, 0.4) is 0 Å². The Morgan fingerprint density at radius 2 is 2.12 bits per heavy atom. The lowest BCUT2D eigenvalue weighted by Gasteiger charge is -2.42. The van der Waals surface area contributed by atoms with Gasteiger partial charge in [-0.1, -0.05) is 19.8 Å². The molecule has 0 spiro atoms. The van der Waals surface area contributed by atoms with Crippen molar-refractivity contribution in [1.29, 1.82) is 0 Å². The second-order valence-electron chi connectivity index (χ2n) is 6.36. The summed E-state index contributed by atoms with van der Waals surface area (Å²) in [6.45, 7) is 2.30. The van der Waals surface area contributed by atoms with Crippen molar-refractivity contribution >= 4 is 28.3 Å². The maximum absolute atomic E-state index is 12.8. The first-order valence-corrected chi connectivity index (χ1v) is 9.36. The van der Waals surface area contributed by atoms with Gasteiger partial charge in [0.2, 0.25) is 10.0 Å². The van der Waals surface area contributed by atoms with Gasteiger partial charge in [-0.25, -0.2) is 13.1 Å². The van der Waals surface area contributed by atoms with Gasteiger partial charge in [0.25, 0.3) is 5.91 Å². The molecule has 0 radical (unpaired) electrons. The van der Waals surface area contributed by atoms with E-state index in [0.717, 1.165) is 25.7 Å². The van der Waals surface area contributed by atoms with E-state index in [1.807, 2.05) is 6.92 Å². The quantitative estimate of drug-likeness (QED) is 0.710. The summed E-state index contributed by atoms with van der Waals surface area (Å²) in [6.07, 6.45) is 5.20. The molecule has 2 atom stereocenters. The predicted octanol–water partition coefficient (Wildman–Crippen LogP) is 0.992. The summed E-state index contributed by atoms with van der Waals surface area (Å²) in [5.74, 6) is -0.147. The molecule has 1 heterocycles. The number of sulfonamides is 1. The topological polar surface area (TPSA) is 106 Å². The van der Waals surface area contributed by atoms with E-state index in [2.05, 4.69) is 10.0 Å². The van der Waals surface area contributed by atoms with Gasteiger partial charge in [0.05, 0.1) is 0 Å². The molecule has 1 aromatic rings. The SMILES string of the molecule is CNC(=O)c1cc(S(=O)(=O)NC2(CN)CCCCC2C)cn1C.Cl. The number of hydrogen-bond donors (Lipinski definition) is 3. The molecule has 1 saturated carbocycles. The Hall–Kier alpha value is -1.09. The van der Waals surface area contributed by atoms with Gasteiger partial charge in [-0.2, -0.15) is 0 Å². The van der Waals surface area contributed by atoms with Gasteiger partial charge in [-0.3, -0.25) is 4.79 Å². The normalized spacial score (nSPS) is 24.2. The molecule has 1 amide bonds. The Kier molecular flexibility index (Phi) is 6.86. The fourth-order valence-electron chi connectivity index (χ4n) is 3.27. The molecule has 0 bridgehead atoms. The largest absolute Gasteiger partial charge is 0.354 e. The van der Waals surface area contributed by atoms with Gasteiger partial charge in [-0.15, -0.1) is 12.4 Å². The molecule has 7 nitrogen and oxygen atoms in total. The molecule has 1 aromatic heterocycles. The molecule has 0 aliphatic heterocycles. The van der Waals surface area contributed by atoms with Crippen LogP contribution in [0.5, 0.6) is 0 Å². The fraction of sp³-hybridized carbons (Fsp3) is 0.667. The molecular weight excluding hydrogens is 352 g/mol. The van der Waals surface area contributed by atoms with Crippen molar-refractivity contribution in [1.82, 2.24) is 14.6 Å². The lowest BCUT2D eigenvalue weighted by Crippen LogP contribution is -2.58. The number of amides is 1. The van der Waals surface area contributed by atoms with Crippen molar-refractivity contribution in [3.8, 4) is 0 Å². The van der Waals surface area contributed by atoms with Crippen molar-refractivity contribution in [3.05, 3.63) is 18.0 Å². The lowest BCUT2D eigenvalue weighted by molar-refractivity contribution is 0.0955. The first-order valence-electron chi connectivity index (χ1n) is 7.88. The monoisotopic (exact) mass is 378 g/mol. The van der Waals surface area contributed by atoms with Crippen LogP contribution < -0.4 is 15.8 Å². The lowest BCUT2D eigenvalue weighted by atomic mass is 9.74. The highest BCUT2D eigenvalue weighted by atomic mass is 35.5. The van der Waals surface area contributed by atoms with E-state index in [1.165, 1.54) is 23.9 Å². The van der Waals surface area contributed by atoms with Crippen LogP contribution in [-0.2, 0) is 17.1 Å². The van der Waals surface area contributed by atoms with E-state index in [-0.39, 0.29) is 35.7 Å². The summed E-state index contributed by atoms with van der Waals surface area (Å²) in [6, 6.07) is 1.39. The smallest absolute Gasteiger partial charge is 0.267 e. The minimum Gasteiger partial charge on any atom is -0.354 e. The first kappa shape index (κ1) is 21.0. The van der Waals surface area contributed by atoms with Crippen molar-refractivity contribution < 1.29 is 13.2 Å². The molecule has 0 aromatic carbocycles. The third kappa shape index (κ3) is 3.93. The number of aromatic nitrogens is 1. The average Bonchev–Trinajstić information content (AvgIpc) is 2.91. The van der Waals surface area contributed by atoms with Crippen molar-refractivity contribution in [2.45, 2.75) is 43.0 Å². The second-order valence-corrected chi connectivity index (χ2v) is 8.05. The Morgan fingerprint density at radius 1 is 1.46 bits per heavy atom. The van der Waals surface area contributed by atoms with Gasteiger partial charge < -0.3 is 15.6 Å². The zero-order chi connectivity index (χ0) is 17.3. The number of hydrogen-bond acceptors (Lipinski definition) is 4. The van der Waals surface area contributed by atoms with Gasteiger partial charge in [0, 0.05) is 32.4 Å². The molecule has 0 saturated heterocycles. The van der Waals surface area contributed by atoms with E-state index in [0.29, 0.717) is 5.69 Å². The summed E-state index contributed by atoms with van der Waals surface area (Å²) >= 11 is 0. The van der Waals surface area contributed by atoms with Crippen LogP contribution in [0, 0.1) is 5.92 Å². The van der Waals surface area contributed by atoms with Gasteiger partial charge in [0.1, 0.15) is 10.6 Å². The van der Waals surface area contributed by atoms with Crippen LogP contribution in [0.2, 0.25) is 0 Å². The number of aryl methyl sites for hydroxylation is 1. The maximum Gasteiger partial charge on any atom is 0.267 e.